The molecule has 1 fully saturated rings. The maximum atomic E-state index is 12.7. The molecular formula is C15H24N4O2. The monoisotopic (exact) mass is 292 g/mol. The van der Waals surface area contributed by atoms with Crippen LogP contribution in [0.3, 0.4) is 0 Å². The molecule has 6 nitrogen and oxygen atoms in total. The second kappa shape index (κ2) is 6.74. The number of carbonyl (C=O) groups is 2. The number of hydrogen-bond acceptors (Lipinski definition) is 3. The van der Waals surface area contributed by atoms with Crippen LogP contribution in [0.15, 0.2) is 18.5 Å². The van der Waals surface area contributed by atoms with Crippen molar-refractivity contribution in [1.29, 1.82) is 0 Å². The fraction of sp³-hybridized carbons (Fsp3) is 0.667. The standard InChI is InChI=1S/C15H24N4O2/c1-4-11(3)13-15(21)19(12(5-2)14(20)17-13)10-9-18-8-6-7-16-18/h6-8,11-13H,4-5,9-10H2,1-3H3,(H,17,20). The highest BCUT2D eigenvalue weighted by atomic mass is 16.2. The first-order valence-electron chi connectivity index (χ1n) is 7.66. The molecule has 2 amide bonds. The lowest BCUT2D eigenvalue weighted by Gasteiger charge is -2.40. The van der Waals surface area contributed by atoms with Crippen molar-refractivity contribution in [1.82, 2.24) is 20.0 Å². The summed E-state index contributed by atoms with van der Waals surface area (Å²) in [7, 11) is 0. The van der Waals surface area contributed by atoms with Gasteiger partial charge in [0.15, 0.2) is 0 Å². The molecule has 0 aliphatic carbocycles. The largest absolute Gasteiger partial charge is 0.342 e. The van der Waals surface area contributed by atoms with E-state index in [1.807, 2.05) is 33.0 Å². The summed E-state index contributed by atoms with van der Waals surface area (Å²) in [6.45, 7) is 7.09. The molecule has 1 aromatic rings. The molecule has 0 aromatic carbocycles. The van der Waals surface area contributed by atoms with Crippen molar-refractivity contribution in [2.75, 3.05) is 6.54 Å². The van der Waals surface area contributed by atoms with Crippen molar-refractivity contribution in [2.45, 2.75) is 52.2 Å². The van der Waals surface area contributed by atoms with E-state index in [0.29, 0.717) is 19.5 Å². The van der Waals surface area contributed by atoms with E-state index < -0.39 is 6.04 Å². The summed E-state index contributed by atoms with van der Waals surface area (Å²) in [5.41, 5.74) is 0. The van der Waals surface area contributed by atoms with E-state index in [1.165, 1.54) is 0 Å². The van der Waals surface area contributed by atoms with Crippen LogP contribution in [-0.4, -0.2) is 45.1 Å². The molecule has 21 heavy (non-hydrogen) atoms. The molecule has 1 N–H and O–H groups in total. The molecule has 2 rings (SSSR count). The Kier molecular flexibility index (Phi) is 4.98. The highest BCUT2D eigenvalue weighted by Gasteiger charge is 2.41. The number of carbonyl (C=O) groups excluding carboxylic acids is 2. The van der Waals surface area contributed by atoms with Gasteiger partial charge in [-0.05, 0) is 18.4 Å². The molecule has 116 valence electrons. The van der Waals surface area contributed by atoms with Crippen LogP contribution in [0.1, 0.15) is 33.6 Å². The van der Waals surface area contributed by atoms with Gasteiger partial charge in [0.2, 0.25) is 11.8 Å². The number of piperazine rings is 1. The van der Waals surface area contributed by atoms with Crippen molar-refractivity contribution in [3.05, 3.63) is 18.5 Å². The topological polar surface area (TPSA) is 67.2 Å². The number of nitrogens with one attached hydrogen (secondary N) is 1. The van der Waals surface area contributed by atoms with Crippen LogP contribution < -0.4 is 5.32 Å². The van der Waals surface area contributed by atoms with E-state index in [9.17, 15) is 9.59 Å². The Morgan fingerprint density at radius 1 is 1.33 bits per heavy atom. The molecular weight excluding hydrogens is 268 g/mol. The van der Waals surface area contributed by atoms with Gasteiger partial charge in [0, 0.05) is 18.9 Å². The second-order valence-corrected chi connectivity index (χ2v) is 5.60. The Hall–Kier alpha value is -1.85. The third kappa shape index (κ3) is 3.25. The van der Waals surface area contributed by atoms with E-state index in [-0.39, 0.29) is 23.8 Å². The lowest BCUT2D eigenvalue weighted by atomic mass is 9.93. The van der Waals surface area contributed by atoms with Gasteiger partial charge in [0.1, 0.15) is 12.1 Å². The van der Waals surface area contributed by atoms with Crippen molar-refractivity contribution < 1.29 is 9.59 Å². The van der Waals surface area contributed by atoms with Crippen molar-refractivity contribution in [3.8, 4) is 0 Å². The minimum Gasteiger partial charge on any atom is -0.342 e. The summed E-state index contributed by atoms with van der Waals surface area (Å²) in [5.74, 6) is 0.136. The van der Waals surface area contributed by atoms with E-state index in [2.05, 4.69) is 10.4 Å². The van der Waals surface area contributed by atoms with Gasteiger partial charge in [0.25, 0.3) is 0 Å². The SMILES string of the molecule is CCC(C)C1NC(=O)C(CC)N(CCn2cccn2)C1=O. The smallest absolute Gasteiger partial charge is 0.246 e. The third-order valence-electron chi connectivity index (χ3n) is 4.25. The quantitative estimate of drug-likeness (QED) is 0.851. The molecule has 3 unspecified atom stereocenters. The van der Waals surface area contributed by atoms with E-state index in [1.54, 1.807) is 15.8 Å². The highest BCUT2D eigenvalue weighted by Crippen LogP contribution is 2.19. The number of aromatic nitrogens is 2. The van der Waals surface area contributed by atoms with Gasteiger partial charge >= 0.3 is 0 Å². The van der Waals surface area contributed by atoms with Crippen LogP contribution in [0.2, 0.25) is 0 Å². The lowest BCUT2D eigenvalue weighted by Crippen LogP contribution is -2.65. The van der Waals surface area contributed by atoms with Crippen LogP contribution in [0, 0.1) is 5.92 Å². The van der Waals surface area contributed by atoms with Crippen molar-refractivity contribution in [3.63, 3.8) is 0 Å². The number of rotatable bonds is 6. The number of hydrogen-bond donors (Lipinski definition) is 1. The summed E-state index contributed by atoms with van der Waals surface area (Å²) in [6, 6.07) is 1.08. The molecule has 0 spiro atoms. The Labute approximate surface area is 125 Å². The van der Waals surface area contributed by atoms with Gasteiger partial charge in [-0.15, -0.1) is 0 Å². The van der Waals surface area contributed by atoms with Gasteiger partial charge in [0.05, 0.1) is 6.54 Å². The first kappa shape index (κ1) is 15.5. The average Bonchev–Trinajstić information content (AvgIpc) is 3.00. The van der Waals surface area contributed by atoms with E-state index in [4.69, 9.17) is 0 Å². The van der Waals surface area contributed by atoms with Crippen LogP contribution in [0.25, 0.3) is 0 Å². The highest BCUT2D eigenvalue weighted by molar-refractivity contribution is 5.97. The maximum absolute atomic E-state index is 12.7. The van der Waals surface area contributed by atoms with Gasteiger partial charge in [-0.1, -0.05) is 27.2 Å². The Balaban J connectivity index is 2.12. The Morgan fingerprint density at radius 2 is 2.10 bits per heavy atom. The maximum Gasteiger partial charge on any atom is 0.246 e. The minimum atomic E-state index is -0.400. The predicted octanol–water partition coefficient (Wildman–Crippen LogP) is 1.03. The van der Waals surface area contributed by atoms with Gasteiger partial charge in [-0.2, -0.15) is 5.10 Å². The molecule has 1 aromatic heterocycles. The van der Waals surface area contributed by atoms with Crippen molar-refractivity contribution >= 4 is 11.8 Å². The Morgan fingerprint density at radius 3 is 2.67 bits per heavy atom. The predicted molar refractivity (Wildman–Crippen MR) is 79.4 cm³/mol. The summed E-state index contributed by atoms with van der Waals surface area (Å²) >= 11 is 0. The third-order valence-corrected chi connectivity index (χ3v) is 4.25. The molecule has 6 heteroatoms. The minimum absolute atomic E-state index is 0.0305. The molecule has 0 saturated carbocycles. The zero-order valence-corrected chi connectivity index (χ0v) is 13.0. The summed E-state index contributed by atoms with van der Waals surface area (Å²) in [6.07, 6.45) is 5.07. The Bertz CT molecular complexity index is 486. The summed E-state index contributed by atoms with van der Waals surface area (Å²) < 4.78 is 1.78. The van der Waals surface area contributed by atoms with Crippen LogP contribution in [-0.2, 0) is 16.1 Å². The fourth-order valence-electron chi connectivity index (χ4n) is 2.72. The molecule has 3 atom stereocenters. The van der Waals surface area contributed by atoms with Crippen LogP contribution in [0.5, 0.6) is 0 Å². The van der Waals surface area contributed by atoms with E-state index in [0.717, 1.165) is 6.42 Å². The average molecular weight is 292 g/mol. The van der Waals surface area contributed by atoms with Crippen LogP contribution in [0.4, 0.5) is 0 Å². The normalized spacial score (nSPS) is 24.0. The molecule has 0 bridgehead atoms. The van der Waals surface area contributed by atoms with Gasteiger partial charge < -0.3 is 10.2 Å². The summed E-state index contributed by atoms with van der Waals surface area (Å²) in [4.78, 5) is 26.6. The lowest BCUT2D eigenvalue weighted by molar-refractivity contribution is -0.151. The summed E-state index contributed by atoms with van der Waals surface area (Å²) in [5, 5.41) is 7.03. The first-order valence-corrected chi connectivity index (χ1v) is 7.66. The van der Waals surface area contributed by atoms with E-state index >= 15 is 0 Å². The second-order valence-electron chi connectivity index (χ2n) is 5.60. The van der Waals surface area contributed by atoms with Gasteiger partial charge in [-0.3, -0.25) is 14.3 Å². The fourth-order valence-corrected chi connectivity index (χ4v) is 2.72. The molecule has 1 aliphatic heterocycles. The number of nitrogens with zero attached hydrogens (tertiary/aromatic N) is 3. The zero-order valence-electron chi connectivity index (χ0n) is 13.0. The first-order chi connectivity index (χ1) is 10.1. The molecule has 1 aliphatic rings. The molecule has 1 saturated heterocycles. The zero-order chi connectivity index (χ0) is 15.4. The van der Waals surface area contributed by atoms with Crippen LogP contribution >= 0.6 is 0 Å². The number of amides is 2. The molecule has 2 heterocycles. The molecule has 0 radical (unpaired) electrons. The van der Waals surface area contributed by atoms with Gasteiger partial charge in [-0.25, -0.2) is 0 Å². The van der Waals surface area contributed by atoms with Crippen molar-refractivity contribution in [2.24, 2.45) is 5.92 Å².